The van der Waals surface area contributed by atoms with E-state index in [1.807, 2.05) is 42.5 Å². The van der Waals surface area contributed by atoms with Crippen LogP contribution in [0, 0.1) is 6.92 Å². The van der Waals surface area contributed by atoms with Crippen molar-refractivity contribution in [2.24, 2.45) is 5.10 Å². The van der Waals surface area contributed by atoms with Crippen molar-refractivity contribution in [3.63, 3.8) is 0 Å². The summed E-state index contributed by atoms with van der Waals surface area (Å²) in [4.78, 5) is 0. The standard InChI is InChI=1S/C19H23N3S/c1-3-4-10-18(16-8-6-5-7-9-16)21-22-19(23)20-17-13-11-15(2)12-14-17/h5-9,11-14H,3-4,10H2,1-2H3,(H2,20,22,23). The zero-order chi connectivity index (χ0) is 16.5. The molecule has 0 amide bonds. The Kier molecular flexibility index (Phi) is 6.76. The van der Waals surface area contributed by atoms with Crippen molar-refractivity contribution in [1.29, 1.82) is 0 Å². The van der Waals surface area contributed by atoms with Crippen LogP contribution in [0.3, 0.4) is 0 Å². The van der Waals surface area contributed by atoms with Crippen LogP contribution < -0.4 is 10.7 Å². The number of rotatable bonds is 6. The first-order chi connectivity index (χ1) is 11.2. The molecule has 2 rings (SSSR count). The number of hydrogen-bond acceptors (Lipinski definition) is 2. The molecule has 2 N–H and O–H groups in total. The molecular weight excluding hydrogens is 302 g/mol. The molecule has 0 spiro atoms. The summed E-state index contributed by atoms with van der Waals surface area (Å²) >= 11 is 5.32. The van der Waals surface area contributed by atoms with Gasteiger partial charge in [-0.25, -0.2) is 0 Å². The number of benzene rings is 2. The fourth-order valence-corrected chi connectivity index (χ4v) is 2.32. The molecule has 0 aliphatic heterocycles. The van der Waals surface area contributed by atoms with Crippen LogP contribution in [0.25, 0.3) is 0 Å². The molecule has 0 aliphatic carbocycles. The van der Waals surface area contributed by atoms with Gasteiger partial charge in [-0.3, -0.25) is 5.43 Å². The van der Waals surface area contributed by atoms with E-state index in [9.17, 15) is 0 Å². The number of hydrogen-bond donors (Lipinski definition) is 2. The normalized spacial score (nSPS) is 11.1. The van der Waals surface area contributed by atoms with Crippen molar-refractivity contribution < 1.29 is 0 Å². The van der Waals surface area contributed by atoms with Crippen LogP contribution in [0.1, 0.15) is 37.3 Å². The predicted octanol–water partition coefficient (Wildman–Crippen LogP) is 4.88. The Hall–Kier alpha value is -2.20. The fraction of sp³-hybridized carbons (Fsp3) is 0.263. The van der Waals surface area contributed by atoms with Crippen molar-refractivity contribution in [3.05, 3.63) is 65.7 Å². The van der Waals surface area contributed by atoms with Gasteiger partial charge in [0.15, 0.2) is 5.11 Å². The first kappa shape index (κ1) is 17.2. The topological polar surface area (TPSA) is 36.4 Å². The number of nitrogens with one attached hydrogen (secondary N) is 2. The van der Waals surface area contributed by atoms with Gasteiger partial charge < -0.3 is 5.32 Å². The Bertz CT molecular complexity index is 648. The molecule has 3 nitrogen and oxygen atoms in total. The Morgan fingerprint density at radius 1 is 1.04 bits per heavy atom. The average Bonchev–Trinajstić information content (AvgIpc) is 2.58. The highest BCUT2D eigenvalue weighted by atomic mass is 32.1. The molecule has 4 heteroatoms. The van der Waals surface area contributed by atoms with Crippen LogP contribution in [-0.2, 0) is 0 Å². The molecule has 120 valence electrons. The van der Waals surface area contributed by atoms with E-state index >= 15 is 0 Å². The maximum Gasteiger partial charge on any atom is 0.191 e. The number of aryl methyl sites for hydroxylation is 1. The van der Waals surface area contributed by atoms with Gasteiger partial charge in [-0.15, -0.1) is 0 Å². The van der Waals surface area contributed by atoms with Gasteiger partial charge in [-0.05, 0) is 49.7 Å². The number of nitrogens with zero attached hydrogens (tertiary/aromatic N) is 1. The first-order valence-electron chi connectivity index (χ1n) is 7.94. The summed E-state index contributed by atoms with van der Waals surface area (Å²) in [7, 11) is 0. The van der Waals surface area contributed by atoms with Crippen molar-refractivity contribution in [2.45, 2.75) is 33.1 Å². The zero-order valence-electron chi connectivity index (χ0n) is 13.7. The number of anilines is 1. The summed E-state index contributed by atoms with van der Waals surface area (Å²) in [6.07, 6.45) is 3.17. The van der Waals surface area contributed by atoms with Gasteiger partial charge in [0.2, 0.25) is 0 Å². The van der Waals surface area contributed by atoms with E-state index in [-0.39, 0.29) is 0 Å². The Labute approximate surface area is 143 Å². The van der Waals surface area contributed by atoms with E-state index in [0.717, 1.165) is 36.2 Å². The molecule has 0 atom stereocenters. The number of unbranched alkanes of at least 4 members (excludes halogenated alkanes) is 1. The van der Waals surface area contributed by atoms with Crippen molar-refractivity contribution >= 4 is 28.7 Å². The Morgan fingerprint density at radius 3 is 2.39 bits per heavy atom. The van der Waals surface area contributed by atoms with Gasteiger partial charge in [-0.1, -0.05) is 61.4 Å². The van der Waals surface area contributed by atoms with Crippen LogP contribution in [0.2, 0.25) is 0 Å². The third kappa shape index (κ3) is 5.83. The monoisotopic (exact) mass is 325 g/mol. The van der Waals surface area contributed by atoms with Gasteiger partial charge in [0.25, 0.3) is 0 Å². The quantitative estimate of drug-likeness (QED) is 0.452. The lowest BCUT2D eigenvalue weighted by atomic mass is 10.1. The molecule has 0 fully saturated rings. The molecule has 0 heterocycles. The lowest BCUT2D eigenvalue weighted by Crippen LogP contribution is -2.25. The molecule has 0 bridgehead atoms. The minimum absolute atomic E-state index is 0.499. The van der Waals surface area contributed by atoms with Gasteiger partial charge in [0.1, 0.15) is 0 Å². The molecule has 23 heavy (non-hydrogen) atoms. The van der Waals surface area contributed by atoms with Crippen LogP contribution in [-0.4, -0.2) is 10.8 Å². The highest BCUT2D eigenvalue weighted by molar-refractivity contribution is 7.80. The molecule has 2 aromatic rings. The fourth-order valence-electron chi connectivity index (χ4n) is 2.15. The second-order valence-electron chi connectivity index (χ2n) is 5.46. The van der Waals surface area contributed by atoms with E-state index in [4.69, 9.17) is 12.2 Å². The van der Waals surface area contributed by atoms with E-state index < -0.39 is 0 Å². The Morgan fingerprint density at radius 2 is 1.74 bits per heavy atom. The molecule has 0 saturated carbocycles. The zero-order valence-corrected chi connectivity index (χ0v) is 14.5. The first-order valence-corrected chi connectivity index (χ1v) is 8.35. The lowest BCUT2D eigenvalue weighted by molar-refractivity contribution is 0.828. The minimum Gasteiger partial charge on any atom is -0.331 e. The van der Waals surface area contributed by atoms with E-state index in [0.29, 0.717) is 5.11 Å². The number of thiocarbonyl (C=S) groups is 1. The Balaban J connectivity index is 2.01. The third-order valence-corrected chi connectivity index (χ3v) is 3.67. The second-order valence-corrected chi connectivity index (χ2v) is 5.87. The second kappa shape index (κ2) is 9.06. The molecular formula is C19H23N3S. The van der Waals surface area contributed by atoms with Gasteiger partial charge >= 0.3 is 0 Å². The number of hydrazone groups is 1. The third-order valence-electron chi connectivity index (χ3n) is 3.48. The van der Waals surface area contributed by atoms with Gasteiger partial charge in [-0.2, -0.15) is 5.10 Å². The van der Waals surface area contributed by atoms with Gasteiger partial charge in [0.05, 0.1) is 5.71 Å². The molecule has 0 saturated heterocycles. The summed E-state index contributed by atoms with van der Waals surface area (Å²) in [5, 5.41) is 8.15. The molecule has 0 aliphatic rings. The van der Waals surface area contributed by atoms with Crippen molar-refractivity contribution in [3.8, 4) is 0 Å². The summed E-state index contributed by atoms with van der Waals surface area (Å²) in [5.74, 6) is 0. The van der Waals surface area contributed by atoms with E-state index in [1.165, 1.54) is 5.56 Å². The average molecular weight is 325 g/mol. The molecule has 2 aromatic carbocycles. The SMILES string of the molecule is CCCCC(=NNC(=S)Nc1ccc(C)cc1)c1ccccc1. The molecule has 0 aromatic heterocycles. The maximum atomic E-state index is 5.32. The minimum atomic E-state index is 0.499. The van der Waals surface area contributed by atoms with Crippen LogP contribution >= 0.6 is 12.2 Å². The molecule has 0 unspecified atom stereocenters. The maximum absolute atomic E-state index is 5.32. The molecule has 0 radical (unpaired) electrons. The summed E-state index contributed by atoms with van der Waals surface area (Å²) in [6, 6.07) is 18.3. The van der Waals surface area contributed by atoms with Crippen LogP contribution in [0.4, 0.5) is 5.69 Å². The highest BCUT2D eigenvalue weighted by Gasteiger charge is 2.04. The van der Waals surface area contributed by atoms with Crippen LogP contribution in [0.15, 0.2) is 59.7 Å². The highest BCUT2D eigenvalue weighted by Crippen LogP contribution is 2.09. The summed E-state index contributed by atoms with van der Waals surface area (Å²) in [5.41, 5.74) is 7.30. The van der Waals surface area contributed by atoms with Gasteiger partial charge in [0, 0.05) is 5.69 Å². The smallest absolute Gasteiger partial charge is 0.191 e. The van der Waals surface area contributed by atoms with Crippen LogP contribution in [0.5, 0.6) is 0 Å². The summed E-state index contributed by atoms with van der Waals surface area (Å²) in [6.45, 7) is 4.24. The van der Waals surface area contributed by atoms with Crippen molar-refractivity contribution in [2.75, 3.05) is 5.32 Å². The lowest BCUT2D eigenvalue weighted by Gasteiger charge is -2.10. The predicted molar refractivity (Wildman–Crippen MR) is 103 cm³/mol. The summed E-state index contributed by atoms with van der Waals surface area (Å²) < 4.78 is 0. The van der Waals surface area contributed by atoms with E-state index in [1.54, 1.807) is 0 Å². The van der Waals surface area contributed by atoms with E-state index in [2.05, 4.69) is 41.8 Å². The largest absolute Gasteiger partial charge is 0.331 e. The van der Waals surface area contributed by atoms with Crippen molar-refractivity contribution in [1.82, 2.24) is 5.43 Å².